The minimum Gasteiger partial charge on any atom is -0.341 e. The zero-order valence-electron chi connectivity index (χ0n) is 17.5. The predicted octanol–water partition coefficient (Wildman–Crippen LogP) is 3.16. The summed E-state index contributed by atoms with van der Waals surface area (Å²) in [5, 5.41) is 0. The van der Waals surface area contributed by atoms with Crippen molar-refractivity contribution in [2.75, 3.05) is 26.2 Å². The van der Waals surface area contributed by atoms with E-state index in [0.29, 0.717) is 38.2 Å². The van der Waals surface area contributed by atoms with Gasteiger partial charge in [-0.2, -0.15) is 0 Å². The summed E-state index contributed by atoms with van der Waals surface area (Å²) in [6, 6.07) is 15.3. The fraction of sp³-hybridized carbons (Fsp3) is 0.333. The zero-order chi connectivity index (χ0) is 21.1. The van der Waals surface area contributed by atoms with Crippen molar-refractivity contribution in [3.05, 3.63) is 71.0 Å². The lowest BCUT2D eigenvalue weighted by atomic mass is 10.1. The largest absolute Gasteiger partial charge is 0.341 e. The van der Waals surface area contributed by atoms with Crippen LogP contribution in [0, 0.1) is 13.8 Å². The highest BCUT2D eigenvalue weighted by Crippen LogP contribution is 2.17. The molecule has 30 heavy (non-hydrogen) atoms. The predicted molar refractivity (Wildman–Crippen MR) is 116 cm³/mol. The van der Waals surface area contributed by atoms with E-state index in [9.17, 15) is 9.59 Å². The monoisotopic (exact) mass is 402 g/mol. The lowest BCUT2D eigenvalue weighted by Crippen LogP contribution is -2.38. The van der Waals surface area contributed by atoms with E-state index in [2.05, 4.69) is 9.97 Å². The van der Waals surface area contributed by atoms with Gasteiger partial charge in [-0.25, -0.2) is 9.97 Å². The maximum Gasteiger partial charge on any atom is 0.253 e. The number of aromatic nitrogens is 2. The number of rotatable bonds is 3. The third kappa shape index (κ3) is 4.32. The third-order valence-electron chi connectivity index (χ3n) is 5.66. The Morgan fingerprint density at radius 2 is 1.50 bits per heavy atom. The van der Waals surface area contributed by atoms with E-state index >= 15 is 0 Å². The Balaban J connectivity index is 1.44. The van der Waals surface area contributed by atoms with Crippen LogP contribution in [0.5, 0.6) is 0 Å². The maximum atomic E-state index is 13.1. The lowest BCUT2D eigenvalue weighted by Gasteiger charge is -2.22. The Morgan fingerprint density at radius 1 is 0.833 bits per heavy atom. The summed E-state index contributed by atoms with van der Waals surface area (Å²) >= 11 is 0. The van der Waals surface area contributed by atoms with Crippen LogP contribution >= 0.6 is 0 Å². The van der Waals surface area contributed by atoms with Crippen molar-refractivity contribution in [2.45, 2.75) is 26.7 Å². The molecule has 6 nitrogen and oxygen atoms in total. The van der Waals surface area contributed by atoms with Crippen LogP contribution in [0.1, 0.15) is 33.7 Å². The van der Waals surface area contributed by atoms with Crippen LogP contribution in [0.4, 0.5) is 0 Å². The second-order valence-electron chi connectivity index (χ2n) is 7.79. The fourth-order valence-electron chi connectivity index (χ4n) is 3.80. The van der Waals surface area contributed by atoms with Gasteiger partial charge in [-0.1, -0.05) is 30.3 Å². The Kier molecular flexibility index (Phi) is 5.74. The third-order valence-corrected chi connectivity index (χ3v) is 5.66. The first-order valence-corrected chi connectivity index (χ1v) is 10.4. The minimum atomic E-state index is -0.0192. The number of hydrogen-bond acceptors (Lipinski definition) is 4. The number of aryl methyl sites for hydroxylation is 2. The normalized spacial score (nSPS) is 14.6. The van der Waals surface area contributed by atoms with Crippen LogP contribution in [-0.2, 0) is 11.2 Å². The van der Waals surface area contributed by atoms with Gasteiger partial charge in [0.05, 0.1) is 28.8 Å². The number of carbonyl (C=O) groups is 2. The molecule has 2 aromatic carbocycles. The summed E-state index contributed by atoms with van der Waals surface area (Å²) in [4.78, 5) is 38.6. The fourth-order valence-corrected chi connectivity index (χ4v) is 3.80. The highest BCUT2D eigenvalue weighted by atomic mass is 16.2. The summed E-state index contributed by atoms with van der Waals surface area (Å²) in [5.41, 5.74) is 4.93. The van der Waals surface area contributed by atoms with Crippen LogP contribution in [0.15, 0.2) is 48.5 Å². The number of benzene rings is 2. The van der Waals surface area contributed by atoms with Gasteiger partial charge in [-0.05, 0) is 44.0 Å². The molecular formula is C24H26N4O2. The maximum absolute atomic E-state index is 13.1. The van der Waals surface area contributed by atoms with Crippen LogP contribution in [0.2, 0.25) is 0 Å². The standard InChI is InChI=1S/C24H26N4O2/c1-17-18(2)26-22-16-20(9-10-21(22)25-17)24(30)28-12-6-11-27(13-14-28)23(29)15-19-7-4-3-5-8-19/h3-5,7-10,16H,6,11-15H2,1-2H3. The average molecular weight is 402 g/mol. The van der Waals surface area contributed by atoms with Gasteiger partial charge in [-0.15, -0.1) is 0 Å². The Bertz CT molecular complexity index is 1080. The van der Waals surface area contributed by atoms with Gasteiger partial charge in [0.25, 0.3) is 5.91 Å². The van der Waals surface area contributed by atoms with E-state index in [4.69, 9.17) is 0 Å². The highest BCUT2D eigenvalue weighted by molar-refractivity contribution is 5.97. The molecule has 1 fully saturated rings. The molecule has 4 rings (SSSR count). The molecule has 0 radical (unpaired) electrons. The van der Waals surface area contributed by atoms with E-state index in [0.717, 1.165) is 34.4 Å². The van der Waals surface area contributed by atoms with E-state index in [1.807, 2.05) is 72.2 Å². The molecule has 2 heterocycles. The van der Waals surface area contributed by atoms with Crippen molar-refractivity contribution < 1.29 is 9.59 Å². The van der Waals surface area contributed by atoms with Crippen molar-refractivity contribution in [3.63, 3.8) is 0 Å². The Hall–Kier alpha value is -3.28. The summed E-state index contributed by atoms with van der Waals surface area (Å²) in [5.74, 6) is 0.0941. The number of amides is 2. The molecule has 0 aliphatic carbocycles. The van der Waals surface area contributed by atoms with Crippen molar-refractivity contribution in [3.8, 4) is 0 Å². The van der Waals surface area contributed by atoms with Crippen molar-refractivity contribution in [1.29, 1.82) is 0 Å². The van der Waals surface area contributed by atoms with Gasteiger partial charge in [-0.3, -0.25) is 9.59 Å². The molecule has 154 valence electrons. The second kappa shape index (κ2) is 8.61. The van der Waals surface area contributed by atoms with Crippen LogP contribution in [0.25, 0.3) is 11.0 Å². The first-order valence-electron chi connectivity index (χ1n) is 10.4. The van der Waals surface area contributed by atoms with E-state index < -0.39 is 0 Å². The Morgan fingerprint density at radius 3 is 2.27 bits per heavy atom. The van der Waals surface area contributed by atoms with Crippen molar-refractivity contribution in [1.82, 2.24) is 19.8 Å². The molecule has 3 aromatic rings. The second-order valence-corrected chi connectivity index (χ2v) is 7.79. The minimum absolute atomic E-state index is 0.0192. The van der Waals surface area contributed by atoms with Crippen LogP contribution in [-0.4, -0.2) is 57.8 Å². The van der Waals surface area contributed by atoms with Gasteiger partial charge in [0.15, 0.2) is 0 Å². The average Bonchev–Trinajstić information content (AvgIpc) is 3.01. The van der Waals surface area contributed by atoms with Gasteiger partial charge in [0.1, 0.15) is 0 Å². The van der Waals surface area contributed by atoms with Gasteiger partial charge in [0.2, 0.25) is 5.91 Å². The van der Waals surface area contributed by atoms with Gasteiger partial charge >= 0.3 is 0 Å². The first-order chi connectivity index (χ1) is 14.5. The molecule has 2 amide bonds. The summed E-state index contributed by atoms with van der Waals surface area (Å²) in [6.07, 6.45) is 1.18. The van der Waals surface area contributed by atoms with Crippen LogP contribution < -0.4 is 0 Å². The molecule has 1 aliphatic heterocycles. The molecule has 0 saturated carbocycles. The molecular weight excluding hydrogens is 376 g/mol. The number of hydrogen-bond donors (Lipinski definition) is 0. The molecule has 1 saturated heterocycles. The topological polar surface area (TPSA) is 66.4 Å². The van der Waals surface area contributed by atoms with Crippen molar-refractivity contribution in [2.24, 2.45) is 0 Å². The first kappa shape index (κ1) is 20.0. The molecule has 0 atom stereocenters. The lowest BCUT2D eigenvalue weighted by molar-refractivity contribution is -0.130. The quantitative estimate of drug-likeness (QED) is 0.675. The molecule has 6 heteroatoms. The molecule has 0 spiro atoms. The van der Waals surface area contributed by atoms with Crippen LogP contribution in [0.3, 0.4) is 0 Å². The smallest absolute Gasteiger partial charge is 0.253 e. The SMILES string of the molecule is Cc1nc2ccc(C(=O)N3CCCN(C(=O)Cc4ccccc4)CC3)cc2nc1C. The van der Waals surface area contributed by atoms with Crippen molar-refractivity contribution >= 4 is 22.8 Å². The Labute approximate surface area is 176 Å². The molecule has 0 unspecified atom stereocenters. The van der Waals surface area contributed by atoms with E-state index in [1.54, 1.807) is 0 Å². The summed E-state index contributed by atoms with van der Waals surface area (Å²) in [7, 11) is 0. The molecule has 0 N–H and O–H groups in total. The molecule has 0 bridgehead atoms. The highest BCUT2D eigenvalue weighted by Gasteiger charge is 2.23. The van der Waals surface area contributed by atoms with E-state index in [-0.39, 0.29) is 11.8 Å². The summed E-state index contributed by atoms with van der Waals surface area (Å²) < 4.78 is 0. The van der Waals surface area contributed by atoms with Gasteiger partial charge < -0.3 is 9.80 Å². The zero-order valence-corrected chi connectivity index (χ0v) is 17.5. The van der Waals surface area contributed by atoms with Gasteiger partial charge in [0, 0.05) is 31.7 Å². The molecule has 1 aromatic heterocycles. The number of nitrogens with zero attached hydrogens (tertiary/aromatic N) is 4. The number of carbonyl (C=O) groups excluding carboxylic acids is 2. The van der Waals surface area contributed by atoms with E-state index in [1.165, 1.54) is 0 Å². The molecule has 1 aliphatic rings. The summed E-state index contributed by atoms with van der Waals surface area (Å²) in [6.45, 7) is 6.27. The number of fused-ring (bicyclic) bond motifs is 1.